The van der Waals surface area contributed by atoms with E-state index < -0.39 is 0 Å². The predicted molar refractivity (Wildman–Crippen MR) is 131 cm³/mol. The molecule has 0 amide bonds. The van der Waals surface area contributed by atoms with Crippen LogP contribution in [-0.4, -0.2) is 59.7 Å². The summed E-state index contributed by atoms with van der Waals surface area (Å²) in [5, 5.41) is 7.40. The van der Waals surface area contributed by atoms with Crippen LogP contribution in [0.2, 0.25) is 0 Å². The molecule has 5 rings (SSSR count). The molecule has 3 aromatic rings. The first kappa shape index (κ1) is 22.0. The lowest BCUT2D eigenvalue weighted by Crippen LogP contribution is -2.61. The smallest absolute Gasteiger partial charge is 0.306 e. The van der Waals surface area contributed by atoms with Crippen LogP contribution in [0.15, 0.2) is 42.7 Å². The fraction of sp³-hybridized carbons (Fsp3) is 0.346. The van der Waals surface area contributed by atoms with Gasteiger partial charge in [0.1, 0.15) is 23.5 Å². The number of benzene rings is 2. The first-order valence-corrected chi connectivity index (χ1v) is 11.4. The van der Waals surface area contributed by atoms with Gasteiger partial charge < -0.3 is 20.1 Å². The second kappa shape index (κ2) is 9.20. The number of fused-ring (bicyclic) bond motifs is 1. The van der Waals surface area contributed by atoms with Crippen LogP contribution in [0.1, 0.15) is 24.8 Å². The zero-order chi connectivity index (χ0) is 23.5. The molecule has 2 N–H and O–H groups in total. The fourth-order valence-corrected chi connectivity index (χ4v) is 4.61. The fourth-order valence-electron chi connectivity index (χ4n) is 4.61. The first-order chi connectivity index (χ1) is 16.6. The SMILES string of the molecule is C#Cc1cccc(Nc2ncnc3cc(NC)c(OCCCN4CC5(CCC(=O)O5)C4)cc23)c1. The number of anilines is 3. The van der Waals surface area contributed by atoms with E-state index in [1.54, 1.807) is 0 Å². The lowest BCUT2D eigenvalue weighted by atomic mass is 9.91. The van der Waals surface area contributed by atoms with Crippen molar-refractivity contribution in [3.8, 4) is 18.1 Å². The second-order valence-electron chi connectivity index (χ2n) is 8.76. The van der Waals surface area contributed by atoms with E-state index in [2.05, 4.69) is 31.4 Å². The maximum Gasteiger partial charge on any atom is 0.306 e. The van der Waals surface area contributed by atoms with Crippen LogP contribution in [0.5, 0.6) is 5.75 Å². The first-order valence-electron chi connectivity index (χ1n) is 11.4. The Morgan fingerprint density at radius 2 is 2.15 bits per heavy atom. The number of carbonyl (C=O) groups excluding carboxylic acids is 1. The molecule has 0 bridgehead atoms. The van der Waals surface area contributed by atoms with Gasteiger partial charge in [0.25, 0.3) is 0 Å². The summed E-state index contributed by atoms with van der Waals surface area (Å²) in [6, 6.07) is 11.6. The Hall–Kier alpha value is -3.83. The molecule has 8 heteroatoms. The summed E-state index contributed by atoms with van der Waals surface area (Å²) >= 11 is 0. The zero-order valence-corrected chi connectivity index (χ0v) is 19.1. The van der Waals surface area contributed by atoms with Crippen molar-refractivity contribution in [3.05, 3.63) is 48.3 Å². The normalized spacial score (nSPS) is 16.6. The summed E-state index contributed by atoms with van der Waals surface area (Å²) in [4.78, 5) is 22.6. The van der Waals surface area contributed by atoms with Crippen LogP contribution in [-0.2, 0) is 9.53 Å². The van der Waals surface area contributed by atoms with Crippen molar-refractivity contribution in [1.82, 2.24) is 14.9 Å². The highest BCUT2D eigenvalue weighted by Crippen LogP contribution is 2.36. The van der Waals surface area contributed by atoms with Gasteiger partial charge in [0.05, 0.1) is 17.8 Å². The van der Waals surface area contributed by atoms with E-state index in [1.165, 1.54) is 6.33 Å². The molecule has 2 fully saturated rings. The zero-order valence-electron chi connectivity index (χ0n) is 19.1. The summed E-state index contributed by atoms with van der Waals surface area (Å²) in [5.74, 6) is 4.01. The maximum atomic E-state index is 11.4. The Kier molecular flexibility index (Phi) is 5.95. The lowest BCUT2D eigenvalue weighted by molar-refractivity contribution is -0.163. The molecule has 0 aliphatic carbocycles. The van der Waals surface area contributed by atoms with E-state index >= 15 is 0 Å². The molecule has 34 heavy (non-hydrogen) atoms. The third-order valence-corrected chi connectivity index (χ3v) is 6.31. The number of hydrogen-bond acceptors (Lipinski definition) is 8. The van der Waals surface area contributed by atoms with Crippen molar-refractivity contribution < 1.29 is 14.3 Å². The summed E-state index contributed by atoms with van der Waals surface area (Å²) in [5.41, 5.74) is 3.10. The maximum absolute atomic E-state index is 11.4. The van der Waals surface area contributed by atoms with Crippen LogP contribution >= 0.6 is 0 Å². The second-order valence-corrected chi connectivity index (χ2v) is 8.76. The van der Waals surface area contributed by atoms with E-state index in [1.807, 2.05) is 43.4 Å². The average molecular weight is 458 g/mol. The number of hydrogen-bond donors (Lipinski definition) is 2. The van der Waals surface area contributed by atoms with Gasteiger partial charge in [-0.05, 0) is 36.8 Å². The van der Waals surface area contributed by atoms with Crippen LogP contribution < -0.4 is 15.4 Å². The van der Waals surface area contributed by atoms with Crippen LogP contribution in [0.4, 0.5) is 17.2 Å². The van der Waals surface area contributed by atoms with Crippen molar-refractivity contribution in [3.63, 3.8) is 0 Å². The molecule has 0 saturated carbocycles. The number of nitrogens with zero attached hydrogens (tertiary/aromatic N) is 3. The minimum atomic E-state index is -0.223. The molecule has 0 unspecified atom stereocenters. The number of esters is 1. The van der Waals surface area contributed by atoms with Gasteiger partial charge >= 0.3 is 5.97 Å². The van der Waals surface area contributed by atoms with Gasteiger partial charge in [0, 0.05) is 56.2 Å². The Morgan fingerprint density at radius 1 is 1.26 bits per heavy atom. The summed E-state index contributed by atoms with van der Waals surface area (Å²) < 4.78 is 11.6. The van der Waals surface area contributed by atoms with Crippen molar-refractivity contribution in [2.24, 2.45) is 0 Å². The van der Waals surface area contributed by atoms with Gasteiger partial charge in [0.15, 0.2) is 0 Å². The van der Waals surface area contributed by atoms with Crippen molar-refractivity contribution in [2.75, 3.05) is 43.9 Å². The number of carbonyl (C=O) groups is 1. The van der Waals surface area contributed by atoms with E-state index in [-0.39, 0.29) is 11.6 Å². The quantitative estimate of drug-likeness (QED) is 0.302. The lowest BCUT2D eigenvalue weighted by Gasteiger charge is -2.46. The molecular formula is C26H27N5O3. The third kappa shape index (κ3) is 4.47. The molecule has 1 aromatic heterocycles. The van der Waals surface area contributed by atoms with Crippen molar-refractivity contribution >= 4 is 34.1 Å². The Balaban J connectivity index is 1.25. The minimum absolute atomic E-state index is 0.0690. The summed E-state index contributed by atoms with van der Waals surface area (Å²) in [6.07, 6.45) is 9.33. The molecule has 2 aliphatic heterocycles. The highest BCUT2D eigenvalue weighted by Gasteiger charge is 2.49. The molecule has 2 aliphatic rings. The molecule has 3 heterocycles. The molecular weight excluding hydrogens is 430 g/mol. The van der Waals surface area contributed by atoms with Crippen molar-refractivity contribution in [2.45, 2.75) is 24.9 Å². The van der Waals surface area contributed by atoms with E-state index in [0.29, 0.717) is 18.8 Å². The number of likely N-dealkylation sites (tertiary alicyclic amines) is 1. The molecule has 0 radical (unpaired) electrons. The standard InChI is InChI=1S/C26H27N5O3/c1-3-18-6-4-7-19(12-18)30-25-20-13-23(22(27-2)14-21(20)28-17-29-25)33-11-5-10-31-15-26(16-31)9-8-24(32)34-26/h1,4,6-7,12-14,17,27H,5,8-11,15-16H2,2H3,(H,28,29,30). The Morgan fingerprint density at radius 3 is 2.91 bits per heavy atom. The summed E-state index contributed by atoms with van der Waals surface area (Å²) in [7, 11) is 1.86. The van der Waals surface area contributed by atoms with Gasteiger partial charge in [-0.25, -0.2) is 9.97 Å². The largest absolute Gasteiger partial charge is 0.491 e. The molecule has 2 aromatic carbocycles. The Labute approximate surface area is 198 Å². The van der Waals surface area contributed by atoms with Gasteiger partial charge in [-0.2, -0.15) is 0 Å². The molecule has 0 atom stereocenters. The molecule has 8 nitrogen and oxygen atoms in total. The minimum Gasteiger partial charge on any atom is -0.491 e. The number of nitrogens with one attached hydrogen (secondary N) is 2. The predicted octanol–water partition coefficient (Wildman–Crippen LogP) is 3.56. The molecule has 174 valence electrons. The van der Waals surface area contributed by atoms with Gasteiger partial charge in [-0.15, -0.1) is 6.42 Å². The van der Waals surface area contributed by atoms with Gasteiger partial charge in [-0.3, -0.25) is 9.69 Å². The van der Waals surface area contributed by atoms with E-state index in [4.69, 9.17) is 15.9 Å². The average Bonchev–Trinajstić information content (AvgIpc) is 3.23. The monoisotopic (exact) mass is 457 g/mol. The van der Waals surface area contributed by atoms with Gasteiger partial charge in [-0.1, -0.05) is 12.0 Å². The number of terminal acetylenes is 1. The van der Waals surface area contributed by atoms with E-state index in [0.717, 1.165) is 66.1 Å². The number of rotatable bonds is 8. The highest BCUT2D eigenvalue weighted by molar-refractivity contribution is 5.94. The number of ether oxygens (including phenoxy) is 2. The van der Waals surface area contributed by atoms with Crippen LogP contribution in [0.3, 0.4) is 0 Å². The van der Waals surface area contributed by atoms with Crippen molar-refractivity contribution in [1.29, 1.82) is 0 Å². The highest BCUT2D eigenvalue weighted by atomic mass is 16.6. The van der Waals surface area contributed by atoms with Gasteiger partial charge in [0.2, 0.25) is 0 Å². The third-order valence-electron chi connectivity index (χ3n) is 6.31. The molecule has 2 saturated heterocycles. The van der Waals surface area contributed by atoms with Crippen LogP contribution in [0, 0.1) is 12.3 Å². The van der Waals surface area contributed by atoms with E-state index in [9.17, 15) is 4.79 Å². The number of aromatic nitrogens is 2. The topological polar surface area (TPSA) is 88.6 Å². The Bertz CT molecular complexity index is 1260. The van der Waals surface area contributed by atoms with Crippen LogP contribution in [0.25, 0.3) is 10.9 Å². The summed E-state index contributed by atoms with van der Waals surface area (Å²) in [6.45, 7) is 3.13. The molecule has 1 spiro atoms.